The van der Waals surface area contributed by atoms with Crippen LogP contribution in [0.15, 0.2) is 36.0 Å². The summed E-state index contributed by atoms with van der Waals surface area (Å²) in [7, 11) is 0. The molecule has 3 aliphatic carbocycles. The summed E-state index contributed by atoms with van der Waals surface area (Å²) in [6, 6.07) is 0. The first-order valence-corrected chi connectivity index (χ1v) is 13.0. The van der Waals surface area contributed by atoms with Crippen molar-refractivity contribution in [1.82, 2.24) is 0 Å². The number of hydrogen-bond acceptors (Lipinski definition) is 2. The van der Waals surface area contributed by atoms with Crippen molar-refractivity contribution in [1.29, 1.82) is 0 Å². The molecule has 4 unspecified atom stereocenters. The van der Waals surface area contributed by atoms with Crippen molar-refractivity contribution in [2.45, 2.75) is 116 Å². The van der Waals surface area contributed by atoms with Crippen LogP contribution in [0.1, 0.15) is 105 Å². The number of aliphatic hydroxyl groups is 2. The molecule has 3 saturated carbocycles. The van der Waals surface area contributed by atoms with E-state index in [1.54, 1.807) is 5.57 Å². The zero-order valence-electron chi connectivity index (χ0n) is 20.7. The predicted octanol–water partition coefficient (Wildman–Crippen LogP) is 7.37. The third kappa shape index (κ3) is 6.14. The summed E-state index contributed by atoms with van der Waals surface area (Å²) in [4.78, 5) is 0. The zero-order valence-corrected chi connectivity index (χ0v) is 20.7. The van der Waals surface area contributed by atoms with E-state index < -0.39 is 5.60 Å². The molecule has 3 rings (SSSR count). The monoisotopic (exact) mass is 428 g/mol. The topological polar surface area (TPSA) is 40.5 Å². The van der Waals surface area contributed by atoms with Gasteiger partial charge in [0.2, 0.25) is 0 Å². The predicted molar refractivity (Wildman–Crippen MR) is 132 cm³/mol. The van der Waals surface area contributed by atoms with Crippen LogP contribution < -0.4 is 0 Å². The van der Waals surface area contributed by atoms with Crippen molar-refractivity contribution >= 4 is 0 Å². The van der Waals surface area contributed by atoms with Gasteiger partial charge in [-0.1, -0.05) is 56.1 Å². The highest BCUT2D eigenvalue weighted by molar-refractivity contribution is 5.26. The van der Waals surface area contributed by atoms with Gasteiger partial charge in [-0.05, 0) is 107 Å². The Labute approximate surface area is 191 Å². The van der Waals surface area contributed by atoms with Crippen LogP contribution in [0.4, 0.5) is 0 Å². The van der Waals surface area contributed by atoms with E-state index in [4.69, 9.17) is 0 Å². The average Bonchev–Trinajstić information content (AvgIpc) is 3.05. The smallest absolute Gasteiger partial charge is 0.0608 e. The van der Waals surface area contributed by atoms with E-state index in [1.807, 2.05) is 19.9 Å². The molecule has 6 atom stereocenters. The van der Waals surface area contributed by atoms with Gasteiger partial charge in [-0.3, -0.25) is 0 Å². The molecule has 0 spiro atoms. The van der Waals surface area contributed by atoms with Gasteiger partial charge < -0.3 is 10.2 Å². The van der Waals surface area contributed by atoms with Crippen LogP contribution in [0.3, 0.4) is 0 Å². The van der Waals surface area contributed by atoms with Gasteiger partial charge in [0.1, 0.15) is 0 Å². The molecule has 0 amide bonds. The Hall–Kier alpha value is -0.860. The van der Waals surface area contributed by atoms with Gasteiger partial charge in [0.25, 0.3) is 0 Å². The number of fused-ring (bicyclic) bond motifs is 1. The molecule has 0 saturated heterocycles. The van der Waals surface area contributed by atoms with Crippen molar-refractivity contribution < 1.29 is 10.2 Å². The lowest BCUT2D eigenvalue weighted by molar-refractivity contribution is 0.0596. The summed E-state index contributed by atoms with van der Waals surface area (Å²) >= 11 is 0. The van der Waals surface area contributed by atoms with Gasteiger partial charge in [0.05, 0.1) is 11.7 Å². The van der Waals surface area contributed by atoms with Crippen molar-refractivity contribution in [3.05, 3.63) is 36.0 Å². The molecule has 31 heavy (non-hydrogen) atoms. The molecule has 3 fully saturated rings. The molecular formula is C29H48O2. The maximum Gasteiger partial charge on any atom is 0.0608 e. The highest BCUT2D eigenvalue weighted by atomic mass is 16.3. The van der Waals surface area contributed by atoms with Crippen molar-refractivity contribution in [3.63, 3.8) is 0 Å². The van der Waals surface area contributed by atoms with Crippen LogP contribution in [0.2, 0.25) is 0 Å². The van der Waals surface area contributed by atoms with Crippen LogP contribution in [-0.4, -0.2) is 21.9 Å². The number of allylic oxidation sites excluding steroid dienone is 4. The molecule has 2 N–H and O–H groups in total. The van der Waals surface area contributed by atoms with E-state index >= 15 is 0 Å². The molecule has 3 aliphatic rings. The Morgan fingerprint density at radius 1 is 1.19 bits per heavy atom. The van der Waals surface area contributed by atoms with Crippen LogP contribution in [0.5, 0.6) is 0 Å². The molecule has 0 aromatic carbocycles. The fourth-order valence-electron chi connectivity index (χ4n) is 7.24. The minimum absolute atomic E-state index is 0.200. The summed E-state index contributed by atoms with van der Waals surface area (Å²) in [5.41, 5.74) is 3.02. The molecular weight excluding hydrogens is 380 g/mol. The minimum Gasteiger partial charge on any atom is -0.392 e. The van der Waals surface area contributed by atoms with Gasteiger partial charge in [-0.25, -0.2) is 0 Å². The summed E-state index contributed by atoms with van der Waals surface area (Å²) in [5.74, 6) is 2.69. The largest absolute Gasteiger partial charge is 0.392 e. The molecule has 0 radical (unpaired) electrons. The fourth-order valence-corrected chi connectivity index (χ4v) is 7.24. The Balaban J connectivity index is 1.63. The second kappa shape index (κ2) is 10.4. The number of rotatable bonds is 8. The molecule has 2 heteroatoms. The van der Waals surface area contributed by atoms with Crippen LogP contribution in [-0.2, 0) is 0 Å². The van der Waals surface area contributed by atoms with Crippen LogP contribution >= 0.6 is 0 Å². The molecule has 2 nitrogen and oxygen atoms in total. The second-order valence-corrected chi connectivity index (χ2v) is 11.9. The Morgan fingerprint density at radius 2 is 1.97 bits per heavy atom. The summed E-state index contributed by atoms with van der Waals surface area (Å²) < 4.78 is 0. The lowest BCUT2D eigenvalue weighted by Crippen LogP contribution is -2.36. The van der Waals surface area contributed by atoms with E-state index in [9.17, 15) is 10.2 Å². The Kier molecular flexibility index (Phi) is 8.30. The van der Waals surface area contributed by atoms with E-state index in [0.29, 0.717) is 11.3 Å². The minimum atomic E-state index is -0.533. The SMILES string of the molecule is C=CC[C@@H]1CC/C(=C/C=C2\CCCC3(C)C2CCC3[C@H](C)CCCC(C)(C)O)CC1O. The molecule has 176 valence electrons. The van der Waals surface area contributed by atoms with Gasteiger partial charge in [0.15, 0.2) is 0 Å². The first-order valence-electron chi connectivity index (χ1n) is 13.0. The van der Waals surface area contributed by atoms with E-state index in [-0.39, 0.29) is 6.10 Å². The maximum absolute atomic E-state index is 10.5. The van der Waals surface area contributed by atoms with Gasteiger partial charge in [0, 0.05) is 0 Å². The lowest BCUT2D eigenvalue weighted by Gasteiger charge is -2.44. The zero-order chi connectivity index (χ0) is 22.6. The van der Waals surface area contributed by atoms with Gasteiger partial charge >= 0.3 is 0 Å². The summed E-state index contributed by atoms with van der Waals surface area (Å²) in [6.07, 6.45) is 20.5. The molecule has 0 bridgehead atoms. The molecule has 0 aromatic rings. The summed E-state index contributed by atoms with van der Waals surface area (Å²) in [5, 5.41) is 20.6. The third-order valence-electron chi connectivity index (χ3n) is 9.03. The highest BCUT2D eigenvalue weighted by Gasteiger charge is 2.50. The van der Waals surface area contributed by atoms with Gasteiger partial charge in [-0.2, -0.15) is 0 Å². The van der Waals surface area contributed by atoms with E-state index in [2.05, 4.69) is 32.6 Å². The molecule has 0 heterocycles. The van der Waals surface area contributed by atoms with Crippen molar-refractivity contribution in [3.8, 4) is 0 Å². The van der Waals surface area contributed by atoms with E-state index in [1.165, 1.54) is 44.1 Å². The van der Waals surface area contributed by atoms with Crippen LogP contribution in [0.25, 0.3) is 0 Å². The highest BCUT2D eigenvalue weighted by Crippen LogP contribution is 2.60. The fraction of sp³-hybridized carbons (Fsp3) is 0.793. The third-order valence-corrected chi connectivity index (χ3v) is 9.03. The summed E-state index contributed by atoms with van der Waals surface area (Å²) in [6.45, 7) is 12.7. The van der Waals surface area contributed by atoms with Gasteiger partial charge in [-0.15, -0.1) is 6.58 Å². The van der Waals surface area contributed by atoms with Crippen molar-refractivity contribution in [2.24, 2.45) is 29.1 Å². The first-order chi connectivity index (χ1) is 14.6. The second-order valence-electron chi connectivity index (χ2n) is 11.9. The van der Waals surface area contributed by atoms with E-state index in [0.717, 1.165) is 56.3 Å². The van der Waals surface area contributed by atoms with Crippen molar-refractivity contribution in [2.75, 3.05) is 0 Å². The molecule has 0 aromatic heterocycles. The Morgan fingerprint density at radius 3 is 2.65 bits per heavy atom. The normalized spacial score (nSPS) is 37.7. The van der Waals surface area contributed by atoms with Crippen LogP contribution in [0, 0.1) is 29.1 Å². The standard InChI is InChI=1S/C29H48O2/c1-6-9-24-15-13-22(20-27(24)30)12-14-23-11-8-19-29(5)25(16-17-26(23)29)21(2)10-7-18-28(3,4)31/h6,12,14,21,24-27,30-31H,1,7-11,13,15-20H2,2-5H3/b22-12-,23-14+/t21-,24-,25?,26?,27?,29?/m1/s1. The quantitative estimate of drug-likeness (QED) is 0.396. The number of hydrogen-bond donors (Lipinski definition) is 2. The first kappa shape index (κ1) is 24.8. The average molecular weight is 429 g/mol. The number of aliphatic hydroxyl groups excluding tert-OH is 1. The maximum atomic E-state index is 10.5. The Bertz CT molecular complexity index is 667. The molecule has 0 aliphatic heterocycles. The lowest BCUT2D eigenvalue weighted by atomic mass is 9.60.